The standard InChI is InChI=1S/C14H13O4.Li/c1-14(17-7-4-8-18-14)11-9-16-12-6-3-2-5-10(12)13(11)15;/h2-3,5-6H,4,7-8H2,1H3;/q-1;+1. The van der Waals surface area contributed by atoms with Gasteiger partial charge in [-0.15, -0.1) is 0 Å². The predicted octanol–water partition coefficient (Wildman–Crippen LogP) is -0.793. The number of para-hydroxylation sites is 1. The molecule has 1 saturated heterocycles. The molecule has 1 aromatic carbocycles. The molecule has 0 radical (unpaired) electrons. The van der Waals surface area contributed by atoms with E-state index in [4.69, 9.17) is 13.9 Å². The molecule has 0 aliphatic carbocycles. The summed E-state index contributed by atoms with van der Waals surface area (Å²) in [7, 11) is 0. The quantitative estimate of drug-likeness (QED) is 0.493. The van der Waals surface area contributed by atoms with Crippen LogP contribution in [-0.4, -0.2) is 13.2 Å². The zero-order valence-corrected chi connectivity index (χ0v) is 11.1. The summed E-state index contributed by atoms with van der Waals surface area (Å²) in [5, 5.41) is 0.519. The maximum atomic E-state index is 12.4. The molecule has 94 valence electrons. The van der Waals surface area contributed by atoms with Gasteiger partial charge >= 0.3 is 18.9 Å². The molecular formula is C14H13LiO4. The summed E-state index contributed by atoms with van der Waals surface area (Å²) in [6.07, 6.45) is 3.48. The Morgan fingerprint density at radius 2 is 1.89 bits per heavy atom. The molecule has 1 fully saturated rings. The SMILES string of the molecule is CC1(c2[c-]oc3ccccc3c2=O)OCCCO1.[Li+]. The fourth-order valence-electron chi connectivity index (χ4n) is 2.11. The van der Waals surface area contributed by atoms with Gasteiger partial charge < -0.3 is 18.7 Å². The Kier molecular flexibility index (Phi) is 4.17. The van der Waals surface area contributed by atoms with Crippen LogP contribution in [-0.2, 0) is 15.3 Å². The number of hydrogen-bond donors (Lipinski definition) is 0. The molecule has 0 bridgehead atoms. The average Bonchev–Trinajstić information content (AvgIpc) is 2.40. The zero-order valence-electron chi connectivity index (χ0n) is 11.1. The van der Waals surface area contributed by atoms with E-state index >= 15 is 0 Å². The largest absolute Gasteiger partial charge is 1.00 e. The van der Waals surface area contributed by atoms with Gasteiger partial charge in [-0.25, -0.2) is 0 Å². The van der Waals surface area contributed by atoms with Crippen LogP contribution in [0.15, 0.2) is 33.5 Å². The molecule has 1 aliphatic rings. The summed E-state index contributed by atoms with van der Waals surface area (Å²) in [5.41, 5.74) is 0.660. The second-order valence-electron chi connectivity index (χ2n) is 4.40. The summed E-state index contributed by atoms with van der Waals surface area (Å²) in [5.74, 6) is -1.05. The molecule has 19 heavy (non-hydrogen) atoms. The number of rotatable bonds is 1. The molecule has 0 spiro atoms. The average molecular weight is 252 g/mol. The Morgan fingerprint density at radius 3 is 2.63 bits per heavy atom. The van der Waals surface area contributed by atoms with Crippen molar-refractivity contribution in [1.82, 2.24) is 0 Å². The maximum Gasteiger partial charge on any atom is 1.00 e. The Labute approximate surface area is 122 Å². The third kappa shape index (κ3) is 2.50. The normalized spacial score (nSPS) is 17.9. The molecule has 0 atom stereocenters. The van der Waals surface area contributed by atoms with E-state index < -0.39 is 5.79 Å². The molecule has 0 unspecified atom stereocenters. The van der Waals surface area contributed by atoms with Gasteiger partial charge in [-0.2, -0.15) is 0 Å². The first kappa shape index (κ1) is 14.4. The van der Waals surface area contributed by atoms with Gasteiger partial charge in [-0.05, 0) is 24.3 Å². The van der Waals surface area contributed by atoms with Crippen LogP contribution in [0.5, 0.6) is 0 Å². The molecule has 1 aliphatic heterocycles. The van der Waals surface area contributed by atoms with Crippen molar-refractivity contribution in [2.45, 2.75) is 19.1 Å². The topological polar surface area (TPSA) is 48.7 Å². The molecule has 4 nitrogen and oxygen atoms in total. The summed E-state index contributed by atoms with van der Waals surface area (Å²) >= 11 is 0. The van der Waals surface area contributed by atoms with E-state index in [9.17, 15) is 4.79 Å². The van der Waals surface area contributed by atoms with E-state index in [1.54, 1.807) is 25.1 Å². The molecule has 0 saturated carbocycles. The van der Waals surface area contributed by atoms with Gasteiger partial charge in [-0.3, -0.25) is 0 Å². The van der Waals surface area contributed by atoms with E-state index in [1.165, 1.54) is 0 Å². The van der Waals surface area contributed by atoms with Gasteiger partial charge in [0.25, 0.3) is 0 Å². The molecule has 0 N–H and O–H groups in total. The minimum Gasteiger partial charge on any atom is -0.580 e. The van der Waals surface area contributed by atoms with Gasteiger partial charge in [0.15, 0.2) is 5.79 Å². The van der Waals surface area contributed by atoms with Crippen LogP contribution in [0.25, 0.3) is 11.0 Å². The smallest absolute Gasteiger partial charge is 0.580 e. The van der Waals surface area contributed by atoms with Gasteiger partial charge in [0.1, 0.15) is 0 Å². The Bertz CT molecular complexity index is 629. The van der Waals surface area contributed by atoms with Crippen LogP contribution in [0.3, 0.4) is 0 Å². The molecule has 2 aromatic rings. The van der Waals surface area contributed by atoms with Crippen molar-refractivity contribution in [2.24, 2.45) is 0 Å². The van der Waals surface area contributed by atoms with Gasteiger partial charge in [0, 0.05) is 11.8 Å². The summed E-state index contributed by atoms with van der Waals surface area (Å²) < 4.78 is 16.5. The van der Waals surface area contributed by atoms with Crippen molar-refractivity contribution in [3.8, 4) is 0 Å². The fraction of sp³-hybridized carbons (Fsp3) is 0.357. The van der Waals surface area contributed by atoms with Gasteiger partial charge in [0.05, 0.1) is 18.6 Å². The minimum absolute atomic E-state index is 0. The van der Waals surface area contributed by atoms with Crippen LogP contribution in [0.2, 0.25) is 0 Å². The maximum absolute atomic E-state index is 12.4. The van der Waals surface area contributed by atoms with Crippen molar-refractivity contribution in [1.29, 1.82) is 0 Å². The Balaban J connectivity index is 0.00000133. The second-order valence-corrected chi connectivity index (χ2v) is 4.40. The van der Waals surface area contributed by atoms with Gasteiger partial charge in [0.2, 0.25) is 0 Å². The van der Waals surface area contributed by atoms with Crippen molar-refractivity contribution >= 4 is 11.0 Å². The van der Waals surface area contributed by atoms with Crippen molar-refractivity contribution in [3.63, 3.8) is 0 Å². The van der Waals surface area contributed by atoms with E-state index in [0.29, 0.717) is 29.7 Å². The van der Waals surface area contributed by atoms with Crippen LogP contribution < -0.4 is 24.3 Å². The van der Waals surface area contributed by atoms with E-state index in [2.05, 4.69) is 6.26 Å². The first-order valence-corrected chi connectivity index (χ1v) is 5.93. The third-order valence-corrected chi connectivity index (χ3v) is 3.12. The summed E-state index contributed by atoms with van der Waals surface area (Å²) in [4.78, 5) is 12.4. The van der Waals surface area contributed by atoms with E-state index in [0.717, 1.165) is 6.42 Å². The first-order chi connectivity index (χ1) is 8.71. The fourth-order valence-corrected chi connectivity index (χ4v) is 2.11. The number of benzene rings is 1. The van der Waals surface area contributed by atoms with Crippen molar-refractivity contribution < 1.29 is 32.8 Å². The Morgan fingerprint density at radius 1 is 1.21 bits per heavy atom. The number of ether oxygens (including phenoxy) is 2. The molecule has 0 amide bonds. The zero-order chi connectivity index (χ0) is 12.6. The summed E-state index contributed by atoms with van der Waals surface area (Å²) in [6, 6.07) is 7.08. The van der Waals surface area contributed by atoms with Gasteiger partial charge in [-0.1, -0.05) is 24.3 Å². The summed E-state index contributed by atoms with van der Waals surface area (Å²) in [6.45, 7) is 2.86. The Hall–Kier alpha value is -1.05. The number of fused-ring (bicyclic) bond motifs is 1. The molecule has 5 heteroatoms. The van der Waals surface area contributed by atoms with E-state index in [-0.39, 0.29) is 24.3 Å². The monoisotopic (exact) mass is 252 g/mol. The van der Waals surface area contributed by atoms with Crippen molar-refractivity contribution in [2.75, 3.05) is 13.2 Å². The molecule has 3 rings (SSSR count). The van der Waals surface area contributed by atoms with Crippen LogP contribution in [0.4, 0.5) is 0 Å². The van der Waals surface area contributed by atoms with Crippen LogP contribution in [0, 0.1) is 6.26 Å². The third-order valence-electron chi connectivity index (χ3n) is 3.12. The van der Waals surface area contributed by atoms with E-state index in [1.807, 2.05) is 6.07 Å². The number of hydrogen-bond acceptors (Lipinski definition) is 4. The minimum atomic E-state index is -1.05. The first-order valence-electron chi connectivity index (χ1n) is 5.93. The predicted molar refractivity (Wildman–Crippen MR) is 65.2 cm³/mol. The van der Waals surface area contributed by atoms with Crippen LogP contribution in [0.1, 0.15) is 18.9 Å². The molecule has 2 heterocycles. The molecular weight excluding hydrogens is 239 g/mol. The van der Waals surface area contributed by atoms with Crippen molar-refractivity contribution in [3.05, 3.63) is 46.3 Å². The molecule has 1 aromatic heterocycles. The van der Waals surface area contributed by atoms with Crippen LogP contribution >= 0.6 is 0 Å². The second kappa shape index (κ2) is 5.52.